The van der Waals surface area contributed by atoms with E-state index >= 15 is 0 Å². The standard InChI is InChI=1S/C25H30N2O2/c1-26-17-21-14-22(13-20(21)15-24(26)28)27(2)25(29)16-23(18-9-5-3-6-10-18)19-11-7-4-8-12-19/h3-12,20-23H,13-17H2,1-2H3/t20-,21+,22-/m1/s1. The second-order valence-corrected chi connectivity index (χ2v) is 8.71. The molecule has 0 unspecified atom stereocenters. The highest BCUT2D eigenvalue weighted by Crippen LogP contribution is 2.40. The first-order valence-corrected chi connectivity index (χ1v) is 10.6. The van der Waals surface area contributed by atoms with E-state index in [4.69, 9.17) is 0 Å². The van der Waals surface area contributed by atoms with Gasteiger partial charge in [-0.15, -0.1) is 0 Å². The van der Waals surface area contributed by atoms with Gasteiger partial charge in [0.1, 0.15) is 0 Å². The first-order chi connectivity index (χ1) is 14.0. The summed E-state index contributed by atoms with van der Waals surface area (Å²) in [5, 5.41) is 0. The lowest BCUT2D eigenvalue weighted by molar-refractivity contribution is -0.135. The van der Waals surface area contributed by atoms with E-state index < -0.39 is 0 Å². The molecule has 4 rings (SSSR count). The summed E-state index contributed by atoms with van der Waals surface area (Å²) >= 11 is 0. The Labute approximate surface area is 173 Å². The van der Waals surface area contributed by atoms with Crippen molar-refractivity contribution in [3.63, 3.8) is 0 Å². The molecule has 0 radical (unpaired) electrons. The summed E-state index contributed by atoms with van der Waals surface area (Å²) in [5.41, 5.74) is 2.35. The summed E-state index contributed by atoms with van der Waals surface area (Å²) in [6.07, 6.45) is 3.06. The van der Waals surface area contributed by atoms with Crippen molar-refractivity contribution >= 4 is 11.8 Å². The lowest BCUT2D eigenvalue weighted by atomic mass is 9.88. The number of amides is 2. The lowest BCUT2D eigenvalue weighted by Crippen LogP contribution is -2.40. The predicted molar refractivity (Wildman–Crippen MR) is 114 cm³/mol. The molecule has 29 heavy (non-hydrogen) atoms. The molecule has 1 aliphatic heterocycles. The van der Waals surface area contributed by atoms with Crippen molar-refractivity contribution in [3.05, 3.63) is 71.8 Å². The Kier molecular flexibility index (Phi) is 5.70. The molecule has 1 saturated carbocycles. The van der Waals surface area contributed by atoms with Gasteiger partial charge in [-0.1, -0.05) is 60.7 Å². The van der Waals surface area contributed by atoms with Crippen LogP contribution in [0.5, 0.6) is 0 Å². The third kappa shape index (κ3) is 4.21. The zero-order chi connectivity index (χ0) is 20.4. The Morgan fingerprint density at radius 3 is 2.14 bits per heavy atom. The van der Waals surface area contributed by atoms with Crippen LogP contribution in [-0.4, -0.2) is 48.3 Å². The van der Waals surface area contributed by atoms with Crippen molar-refractivity contribution in [1.82, 2.24) is 9.80 Å². The van der Waals surface area contributed by atoms with Gasteiger partial charge in [0, 0.05) is 45.4 Å². The normalized spacial score (nSPS) is 23.9. The molecule has 0 bridgehead atoms. The molecule has 2 amide bonds. The van der Waals surface area contributed by atoms with Gasteiger partial charge in [0.05, 0.1) is 0 Å². The molecule has 3 atom stereocenters. The molecule has 1 heterocycles. The second-order valence-electron chi connectivity index (χ2n) is 8.71. The van der Waals surface area contributed by atoms with Crippen LogP contribution in [0.25, 0.3) is 0 Å². The molecule has 4 heteroatoms. The summed E-state index contributed by atoms with van der Waals surface area (Å²) in [4.78, 5) is 29.1. The average molecular weight is 391 g/mol. The van der Waals surface area contributed by atoms with E-state index in [2.05, 4.69) is 24.3 Å². The van der Waals surface area contributed by atoms with Crippen molar-refractivity contribution in [2.75, 3.05) is 20.6 Å². The predicted octanol–water partition coefficient (Wildman–Crippen LogP) is 3.92. The number of carbonyl (C=O) groups excluding carboxylic acids is 2. The van der Waals surface area contributed by atoms with E-state index in [-0.39, 0.29) is 23.8 Å². The molecular weight excluding hydrogens is 360 g/mol. The third-order valence-corrected chi connectivity index (χ3v) is 6.91. The monoisotopic (exact) mass is 390 g/mol. The summed E-state index contributed by atoms with van der Waals surface area (Å²) in [6.45, 7) is 0.832. The van der Waals surface area contributed by atoms with Crippen LogP contribution in [0.4, 0.5) is 0 Å². The van der Waals surface area contributed by atoms with Crippen molar-refractivity contribution in [2.45, 2.75) is 37.6 Å². The summed E-state index contributed by atoms with van der Waals surface area (Å²) in [5.74, 6) is 1.44. The fourth-order valence-electron chi connectivity index (χ4n) is 5.12. The van der Waals surface area contributed by atoms with Gasteiger partial charge in [-0.25, -0.2) is 0 Å². The number of fused-ring (bicyclic) bond motifs is 1. The van der Waals surface area contributed by atoms with Gasteiger partial charge in [0.25, 0.3) is 0 Å². The minimum absolute atomic E-state index is 0.0590. The van der Waals surface area contributed by atoms with E-state index in [1.54, 1.807) is 0 Å². The van der Waals surface area contributed by atoms with Crippen LogP contribution in [0.3, 0.4) is 0 Å². The largest absolute Gasteiger partial charge is 0.345 e. The van der Waals surface area contributed by atoms with Crippen molar-refractivity contribution in [2.24, 2.45) is 11.8 Å². The molecule has 1 aliphatic carbocycles. The summed E-state index contributed by atoms with van der Waals surface area (Å²) < 4.78 is 0. The minimum Gasteiger partial charge on any atom is -0.345 e. The summed E-state index contributed by atoms with van der Waals surface area (Å²) in [7, 11) is 3.84. The number of hydrogen-bond acceptors (Lipinski definition) is 2. The van der Waals surface area contributed by atoms with Crippen molar-refractivity contribution in [3.8, 4) is 0 Å². The van der Waals surface area contributed by atoms with Crippen LogP contribution >= 0.6 is 0 Å². The average Bonchev–Trinajstić information content (AvgIpc) is 3.15. The maximum absolute atomic E-state index is 13.3. The Morgan fingerprint density at radius 2 is 1.55 bits per heavy atom. The zero-order valence-electron chi connectivity index (χ0n) is 17.3. The number of rotatable bonds is 5. The van der Waals surface area contributed by atoms with E-state index in [0.717, 1.165) is 19.4 Å². The summed E-state index contributed by atoms with van der Waals surface area (Å²) in [6, 6.07) is 20.8. The molecule has 2 aromatic rings. The Hall–Kier alpha value is -2.62. The molecule has 1 saturated heterocycles. The van der Waals surface area contributed by atoms with Crippen LogP contribution in [0.1, 0.15) is 42.7 Å². The molecule has 2 aliphatic rings. The Balaban J connectivity index is 1.47. The van der Waals surface area contributed by atoms with Gasteiger partial charge in [0.15, 0.2) is 0 Å². The Bertz CT molecular complexity index is 812. The van der Waals surface area contributed by atoms with Crippen molar-refractivity contribution in [1.29, 1.82) is 0 Å². The molecule has 0 aromatic heterocycles. The number of likely N-dealkylation sites (tertiary alicyclic amines) is 1. The maximum Gasteiger partial charge on any atom is 0.223 e. The fraction of sp³-hybridized carbons (Fsp3) is 0.440. The van der Waals surface area contributed by atoms with Gasteiger partial charge in [0.2, 0.25) is 11.8 Å². The molecular formula is C25H30N2O2. The molecule has 4 nitrogen and oxygen atoms in total. The van der Waals surface area contributed by atoms with E-state index in [1.807, 2.05) is 60.3 Å². The smallest absolute Gasteiger partial charge is 0.223 e. The number of piperidine rings is 1. The van der Waals surface area contributed by atoms with E-state index in [9.17, 15) is 9.59 Å². The first-order valence-electron chi connectivity index (χ1n) is 10.6. The highest BCUT2D eigenvalue weighted by Gasteiger charge is 2.42. The molecule has 2 fully saturated rings. The highest BCUT2D eigenvalue weighted by atomic mass is 16.2. The Morgan fingerprint density at radius 1 is 1.00 bits per heavy atom. The van der Waals surface area contributed by atoms with Crippen LogP contribution in [-0.2, 0) is 9.59 Å². The third-order valence-electron chi connectivity index (χ3n) is 6.91. The second kappa shape index (κ2) is 8.40. The highest BCUT2D eigenvalue weighted by molar-refractivity contribution is 5.78. The van der Waals surface area contributed by atoms with Gasteiger partial charge >= 0.3 is 0 Å². The lowest BCUT2D eigenvalue weighted by Gasteiger charge is -2.31. The SMILES string of the molecule is CN1C[C@@H]2C[C@H](N(C)C(=O)CC(c3ccccc3)c3ccccc3)C[C@@H]2CC1=O. The topological polar surface area (TPSA) is 40.6 Å². The molecule has 0 spiro atoms. The van der Waals surface area contributed by atoms with E-state index in [1.165, 1.54) is 11.1 Å². The van der Waals surface area contributed by atoms with Crippen molar-refractivity contribution < 1.29 is 9.59 Å². The zero-order valence-corrected chi connectivity index (χ0v) is 17.3. The van der Waals surface area contributed by atoms with Crippen LogP contribution in [0.2, 0.25) is 0 Å². The van der Waals surface area contributed by atoms with Gasteiger partial charge in [-0.05, 0) is 35.8 Å². The van der Waals surface area contributed by atoms with Crippen LogP contribution in [0.15, 0.2) is 60.7 Å². The minimum atomic E-state index is 0.0590. The van der Waals surface area contributed by atoms with E-state index in [0.29, 0.717) is 24.7 Å². The molecule has 0 N–H and O–H groups in total. The van der Waals surface area contributed by atoms with Gasteiger partial charge < -0.3 is 9.80 Å². The number of nitrogens with zero attached hydrogens (tertiary/aromatic N) is 2. The maximum atomic E-state index is 13.3. The molecule has 2 aromatic carbocycles. The number of carbonyl (C=O) groups is 2. The molecule has 152 valence electrons. The quantitative estimate of drug-likeness (QED) is 0.776. The number of hydrogen-bond donors (Lipinski definition) is 0. The van der Waals surface area contributed by atoms with Crippen LogP contribution < -0.4 is 0 Å². The fourth-order valence-corrected chi connectivity index (χ4v) is 5.12. The first kappa shape index (κ1) is 19.7. The number of benzene rings is 2. The van der Waals surface area contributed by atoms with Gasteiger partial charge in [-0.2, -0.15) is 0 Å². The van der Waals surface area contributed by atoms with Gasteiger partial charge in [-0.3, -0.25) is 9.59 Å². The van der Waals surface area contributed by atoms with Crippen LogP contribution in [0, 0.1) is 11.8 Å².